The van der Waals surface area contributed by atoms with Crippen molar-refractivity contribution in [1.82, 2.24) is 4.98 Å². The van der Waals surface area contributed by atoms with Gasteiger partial charge in [-0.05, 0) is 37.8 Å². The number of alkyl halides is 1. The molecular formula is C19H24FN3O3. The zero-order valence-electron chi connectivity index (χ0n) is 15.4. The number of hydrogen-bond acceptors (Lipinski definition) is 6. The molecule has 2 heterocycles. The van der Waals surface area contributed by atoms with Gasteiger partial charge in [0.1, 0.15) is 18.1 Å². The number of rotatable bonds is 5. The predicted octanol–water partition coefficient (Wildman–Crippen LogP) is 2.78. The number of aromatic nitrogens is 1. The molecule has 1 aromatic heterocycles. The number of halogens is 1. The molecule has 2 aliphatic rings. The molecule has 140 valence electrons. The first-order valence-electron chi connectivity index (χ1n) is 8.88. The summed E-state index contributed by atoms with van der Waals surface area (Å²) in [5, 5.41) is 9.30. The van der Waals surface area contributed by atoms with E-state index in [-0.39, 0.29) is 22.8 Å². The van der Waals surface area contributed by atoms with Crippen LogP contribution in [0.2, 0.25) is 0 Å². The number of aryl methyl sites for hydroxylation is 1. The first kappa shape index (κ1) is 18.6. The third-order valence-electron chi connectivity index (χ3n) is 5.33. The molecule has 7 heteroatoms. The Bertz CT molecular complexity index is 740. The minimum atomic E-state index is -0.729. The summed E-state index contributed by atoms with van der Waals surface area (Å²) >= 11 is 0. The summed E-state index contributed by atoms with van der Waals surface area (Å²) in [6, 6.07) is 3.63. The molecule has 1 aliphatic heterocycles. The molecule has 3 rings (SSSR count). The van der Waals surface area contributed by atoms with Crippen LogP contribution < -0.4 is 4.90 Å². The van der Waals surface area contributed by atoms with E-state index in [0.717, 1.165) is 31.5 Å². The third kappa shape index (κ3) is 3.65. The number of carbonyl (C=O) groups excluding carboxylic acids is 1. The van der Waals surface area contributed by atoms with Gasteiger partial charge in [-0.25, -0.2) is 14.2 Å². The second-order valence-electron chi connectivity index (χ2n) is 7.45. The molecule has 0 N–H and O–H groups in total. The largest absolute Gasteiger partial charge is 0.465 e. The van der Waals surface area contributed by atoms with Crippen LogP contribution in [0.3, 0.4) is 0 Å². The molecule has 26 heavy (non-hydrogen) atoms. The molecule has 6 nitrogen and oxygen atoms in total. The maximum atomic E-state index is 13.3. The summed E-state index contributed by atoms with van der Waals surface area (Å²) in [6.45, 7) is 5.76. The molecule has 1 aromatic rings. The fourth-order valence-electron chi connectivity index (χ4n) is 3.32. The zero-order chi connectivity index (χ0) is 18.9. The van der Waals surface area contributed by atoms with Gasteiger partial charge in [0, 0.05) is 18.5 Å². The second kappa shape index (κ2) is 7.20. The van der Waals surface area contributed by atoms with Gasteiger partial charge >= 0.3 is 5.97 Å². The van der Waals surface area contributed by atoms with Crippen LogP contribution in [-0.2, 0) is 9.47 Å². The van der Waals surface area contributed by atoms with Crippen molar-refractivity contribution in [2.45, 2.75) is 45.4 Å². The maximum Gasteiger partial charge on any atom is 0.340 e. The van der Waals surface area contributed by atoms with Crippen molar-refractivity contribution in [1.29, 1.82) is 5.26 Å². The minimum absolute atomic E-state index is 0.0754. The molecule has 0 bridgehead atoms. The van der Waals surface area contributed by atoms with Crippen molar-refractivity contribution in [3.05, 3.63) is 22.9 Å². The lowest BCUT2D eigenvalue weighted by atomic mass is 10.1. The lowest BCUT2D eigenvalue weighted by molar-refractivity contribution is 0.00763. The Morgan fingerprint density at radius 1 is 1.50 bits per heavy atom. The number of hydrogen-bond donors (Lipinski definition) is 0. The molecule has 0 amide bonds. The Morgan fingerprint density at radius 2 is 2.15 bits per heavy atom. The number of ether oxygens (including phenoxy) is 2. The second-order valence-corrected chi connectivity index (χ2v) is 7.45. The lowest BCUT2D eigenvalue weighted by Gasteiger charge is -2.34. The Balaban J connectivity index is 1.64. The fraction of sp³-hybridized carbons (Fsp3) is 0.632. The number of nitrogens with zero attached hydrogens (tertiary/aromatic N) is 3. The lowest BCUT2D eigenvalue weighted by Crippen LogP contribution is -2.38. The van der Waals surface area contributed by atoms with Crippen LogP contribution in [0.1, 0.15) is 47.8 Å². The smallest absolute Gasteiger partial charge is 0.340 e. The normalized spacial score (nSPS) is 25.7. The van der Waals surface area contributed by atoms with Gasteiger partial charge in [0.25, 0.3) is 0 Å². The highest BCUT2D eigenvalue weighted by Gasteiger charge is 2.51. The summed E-state index contributed by atoms with van der Waals surface area (Å²) in [4.78, 5) is 18.3. The van der Waals surface area contributed by atoms with E-state index in [4.69, 9.17) is 9.47 Å². The fourth-order valence-corrected chi connectivity index (χ4v) is 3.32. The van der Waals surface area contributed by atoms with Crippen LogP contribution in [0, 0.1) is 23.7 Å². The van der Waals surface area contributed by atoms with E-state index in [2.05, 4.69) is 9.88 Å². The van der Waals surface area contributed by atoms with Gasteiger partial charge in [0.05, 0.1) is 25.4 Å². The highest BCUT2D eigenvalue weighted by Crippen LogP contribution is 2.48. The average Bonchev–Trinajstić information content (AvgIpc) is 3.26. The van der Waals surface area contributed by atoms with Gasteiger partial charge < -0.3 is 14.4 Å². The molecule has 1 aliphatic carbocycles. The van der Waals surface area contributed by atoms with Crippen molar-refractivity contribution < 1.29 is 18.7 Å². The van der Waals surface area contributed by atoms with E-state index in [0.29, 0.717) is 18.8 Å². The third-order valence-corrected chi connectivity index (χ3v) is 5.33. The molecule has 0 aromatic carbocycles. The zero-order valence-corrected chi connectivity index (χ0v) is 15.4. The van der Waals surface area contributed by atoms with Crippen molar-refractivity contribution >= 4 is 11.8 Å². The molecule has 0 radical (unpaired) electrons. The van der Waals surface area contributed by atoms with Gasteiger partial charge in [-0.1, -0.05) is 6.92 Å². The molecule has 0 spiro atoms. The Morgan fingerprint density at radius 3 is 2.69 bits per heavy atom. The minimum Gasteiger partial charge on any atom is -0.465 e. The SMILES string of the molecule is COC(=O)c1cc(C)c(N2CCC(OC[C@]3(C)C[C@@H]3F)CC2)nc1C#N. The highest BCUT2D eigenvalue weighted by molar-refractivity contribution is 5.92. The molecule has 0 unspecified atom stereocenters. The van der Waals surface area contributed by atoms with Gasteiger partial charge in [-0.2, -0.15) is 5.26 Å². The number of anilines is 1. The number of pyridine rings is 1. The number of piperidine rings is 1. The Labute approximate surface area is 152 Å². The van der Waals surface area contributed by atoms with Crippen LogP contribution >= 0.6 is 0 Å². The van der Waals surface area contributed by atoms with Crippen molar-refractivity contribution in [3.8, 4) is 6.07 Å². The molecule has 2 fully saturated rings. The predicted molar refractivity (Wildman–Crippen MR) is 93.8 cm³/mol. The van der Waals surface area contributed by atoms with Crippen LogP contribution in [0.4, 0.5) is 10.2 Å². The average molecular weight is 361 g/mol. The van der Waals surface area contributed by atoms with Crippen molar-refractivity contribution in [2.24, 2.45) is 5.41 Å². The number of carbonyl (C=O) groups is 1. The van der Waals surface area contributed by atoms with Crippen LogP contribution in [-0.4, -0.2) is 50.0 Å². The van der Waals surface area contributed by atoms with E-state index in [1.165, 1.54) is 7.11 Å². The Hall–Kier alpha value is -2.20. The van der Waals surface area contributed by atoms with Crippen molar-refractivity contribution in [2.75, 3.05) is 31.7 Å². The van der Waals surface area contributed by atoms with Gasteiger partial charge in [0.2, 0.25) is 0 Å². The summed E-state index contributed by atoms with van der Waals surface area (Å²) < 4.78 is 23.9. The van der Waals surface area contributed by atoms with E-state index >= 15 is 0 Å². The van der Waals surface area contributed by atoms with E-state index < -0.39 is 12.1 Å². The molecule has 2 atom stereocenters. The topological polar surface area (TPSA) is 75.4 Å². The standard InChI is InChI=1S/C19H24FN3O3/c1-12-8-14(18(24)25-3)15(10-21)22-17(12)23-6-4-13(5-7-23)26-11-19(2)9-16(19)20/h8,13,16H,4-7,9,11H2,1-3H3/t16-,19-/m0/s1. The van der Waals surface area contributed by atoms with Crippen LogP contribution in [0.15, 0.2) is 6.07 Å². The Kier molecular flexibility index (Phi) is 5.15. The molecule has 1 saturated carbocycles. The summed E-state index contributed by atoms with van der Waals surface area (Å²) in [5.41, 5.74) is 0.801. The number of methoxy groups -OCH3 is 1. The van der Waals surface area contributed by atoms with Gasteiger partial charge in [0.15, 0.2) is 5.69 Å². The van der Waals surface area contributed by atoms with Gasteiger partial charge in [-0.3, -0.25) is 0 Å². The molecular weight excluding hydrogens is 337 g/mol. The van der Waals surface area contributed by atoms with E-state index in [1.807, 2.05) is 19.9 Å². The summed E-state index contributed by atoms with van der Waals surface area (Å²) in [6.07, 6.45) is 1.65. The van der Waals surface area contributed by atoms with Crippen LogP contribution in [0.5, 0.6) is 0 Å². The summed E-state index contributed by atoms with van der Waals surface area (Å²) in [5.74, 6) is 0.154. The van der Waals surface area contributed by atoms with E-state index in [1.54, 1.807) is 6.07 Å². The molecule has 1 saturated heterocycles. The van der Waals surface area contributed by atoms with E-state index in [9.17, 15) is 14.4 Å². The quantitative estimate of drug-likeness (QED) is 0.751. The summed E-state index contributed by atoms with van der Waals surface area (Å²) in [7, 11) is 1.28. The van der Waals surface area contributed by atoms with Crippen molar-refractivity contribution in [3.63, 3.8) is 0 Å². The van der Waals surface area contributed by atoms with Gasteiger partial charge in [-0.15, -0.1) is 0 Å². The van der Waals surface area contributed by atoms with Crippen LogP contribution in [0.25, 0.3) is 0 Å². The number of nitriles is 1. The number of esters is 1. The first-order valence-corrected chi connectivity index (χ1v) is 8.88. The first-order chi connectivity index (χ1) is 12.4. The maximum absolute atomic E-state index is 13.3. The monoisotopic (exact) mass is 361 g/mol. The highest BCUT2D eigenvalue weighted by atomic mass is 19.1.